The van der Waals surface area contributed by atoms with Crippen molar-refractivity contribution in [2.24, 2.45) is 11.8 Å². The molecule has 0 spiro atoms. The van der Waals surface area contributed by atoms with Crippen LogP contribution in [0.4, 0.5) is 4.39 Å². The lowest BCUT2D eigenvalue weighted by atomic mass is 10.0. The fourth-order valence-electron chi connectivity index (χ4n) is 5.58. The zero-order valence-electron chi connectivity index (χ0n) is 20.0. The van der Waals surface area contributed by atoms with Crippen molar-refractivity contribution in [3.8, 4) is 22.5 Å². The summed E-state index contributed by atoms with van der Waals surface area (Å²) in [5.74, 6) is 1.50. The second-order valence-corrected chi connectivity index (χ2v) is 10.2. The number of aromatic nitrogens is 3. The standard InChI is InChI=1S/C30H27FN4O/c31-25-8-10-28-27(16-25)33-29(35(28)18-19-12-14-34(17-19)30(36)22-5-6-22)21-3-1-20(2-4-21)23-7-9-26-24(15-23)11-13-32-26/h1-4,7-11,13,15-16,19,22,32H,5-6,12,14,17-18H2/t19-/m1/s1. The normalized spacial score (nSPS) is 17.9. The van der Waals surface area contributed by atoms with Crippen LogP contribution in [0, 0.1) is 17.7 Å². The topological polar surface area (TPSA) is 53.9 Å². The number of likely N-dealkylation sites (tertiary alicyclic amines) is 1. The lowest BCUT2D eigenvalue weighted by molar-refractivity contribution is -0.131. The first-order valence-electron chi connectivity index (χ1n) is 12.7. The Morgan fingerprint density at radius 3 is 2.58 bits per heavy atom. The maximum Gasteiger partial charge on any atom is 0.225 e. The second-order valence-electron chi connectivity index (χ2n) is 10.2. The van der Waals surface area contributed by atoms with Crippen molar-refractivity contribution in [3.63, 3.8) is 0 Å². The molecule has 2 fully saturated rings. The van der Waals surface area contributed by atoms with Gasteiger partial charge in [0.05, 0.1) is 11.0 Å². The number of hydrogen-bond donors (Lipinski definition) is 1. The second kappa shape index (κ2) is 8.33. The van der Waals surface area contributed by atoms with Crippen molar-refractivity contribution in [1.29, 1.82) is 0 Å². The van der Waals surface area contributed by atoms with Crippen molar-refractivity contribution >= 4 is 27.8 Å². The molecule has 0 unspecified atom stereocenters. The molecule has 1 saturated carbocycles. The average Bonchev–Trinajstić information content (AvgIpc) is 3.30. The highest BCUT2D eigenvalue weighted by Crippen LogP contribution is 2.34. The lowest BCUT2D eigenvalue weighted by Crippen LogP contribution is -2.30. The SMILES string of the molecule is O=C(C1CC1)N1CC[C@@H](Cn2c(-c3ccc(-c4ccc5[nH]ccc5c4)cc3)nc3cc(F)ccc32)C1. The summed E-state index contributed by atoms with van der Waals surface area (Å²) >= 11 is 0. The molecule has 2 aliphatic rings. The van der Waals surface area contributed by atoms with Crippen LogP contribution in [0.2, 0.25) is 0 Å². The molecule has 2 aromatic heterocycles. The van der Waals surface area contributed by atoms with E-state index in [4.69, 9.17) is 4.98 Å². The third-order valence-corrected chi connectivity index (χ3v) is 7.70. The van der Waals surface area contributed by atoms with Crippen molar-refractivity contribution < 1.29 is 9.18 Å². The molecule has 0 bridgehead atoms. The number of H-pyrrole nitrogens is 1. The van der Waals surface area contributed by atoms with E-state index in [1.54, 1.807) is 0 Å². The minimum atomic E-state index is -0.281. The molecule has 1 N–H and O–H groups in total. The van der Waals surface area contributed by atoms with E-state index in [1.165, 1.54) is 17.5 Å². The Hall–Kier alpha value is -3.93. The van der Waals surface area contributed by atoms with E-state index in [1.807, 2.05) is 17.2 Å². The van der Waals surface area contributed by atoms with Gasteiger partial charge in [0.2, 0.25) is 5.91 Å². The Morgan fingerprint density at radius 1 is 0.944 bits per heavy atom. The van der Waals surface area contributed by atoms with Gasteiger partial charge in [-0.05, 0) is 72.0 Å². The van der Waals surface area contributed by atoms with Crippen LogP contribution < -0.4 is 0 Å². The third-order valence-electron chi connectivity index (χ3n) is 7.70. The summed E-state index contributed by atoms with van der Waals surface area (Å²) in [6, 6.07) is 21.8. The molecule has 5 nitrogen and oxygen atoms in total. The molecule has 3 heterocycles. The molecule has 3 aromatic carbocycles. The predicted octanol–water partition coefficient (Wildman–Crippen LogP) is 6.25. The number of carbonyl (C=O) groups is 1. The maximum absolute atomic E-state index is 14.0. The van der Waals surface area contributed by atoms with Crippen molar-refractivity contribution in [2.45, 2.75) is 25.8 Å². The Kier molecular flexibility index (Phi) is 4.94. The summed E-state index contributed by atoms with van der Waals surface area (Å²) in [6.45, 7) is 2.38. The minimum absolute atomic E-state index is 0.257. The van der Waals surface area contributed by atoms with Gasteiger partial charge in [-0.15, -0.1) is 0 Å². The van der Waals surface area contributed by atoms with Crippen molar-refractivity contribution in [1.82, 2.24) is 19.4 Å². The van der Waals surface area contributed by atoms with Crippen LogP contribution in [0.3, 0.4) is 0 Å². The fourth-order valence-corrected chi connectivity index (χ4v) is 5.58. The van der Waals surface area contributed by atoms with Crippen LogP contribution in [-0.2, 0) is 11.3 Å². The maximum atomic E-state index is 14.0. The fraction of sp³-hybridized carbons (Fsp3) is 0.267. The van der Waals surface area contributed by atoms with Gasteiger partial charge in [-0.3, -0.25) is 4.79 Å². The number of amides is 1. The van der Waals surface area contributed by atoms with Crippen LogP contribution in [-0.4, -0.2) is 38.4 Å². The molecule has 36 heavy (non-hydrogen) atoms. The molecule has 1 aliphatic heterocycles. The van der Waals surface area contributed by atoms with Gasteiger partial charge >= 0.3 is 0 Å². The van der Waals surface area contributed by atoms with Crippen LogP contribution in [0.1, 0.15) is 19.3 Å². The molecule has 1 atom stereocenters. The largest absolute Gasteiger partial charge is 0.361 e. The van der Waals surface area contributed by atoms with E-state index in [2.05, 4.69) is 58.1 Å². The number of halogens is 1. The first kappa shape index (κ1) is 21.4. The van der Waals surface area contributed by atoms with Gasteiger partial charge in [0, 0.05) is 48.9 Å². The molecule has 180 valence electrons. The highest BCUT2D eigenvalue weighted by Gasteiger charge is 2.36. The number of fused-ring (bicyclic) bond motifs is 2. The number of imidazole rings is 1. The average molecular weight is 479 g/mol. The summed E-state index contributed by atoms with van der Waals surface area (Å²) < 4.78 is 16.3. The summed E-state index contributed by atoms with van der Waals surface area (Å²) in [5, 5.41) is 1.19. The summed E-state index contributed by atoms with van der Waals surface area (Å²) in [5.41, 5.74) is 6.02. The van der Waals surface area contributed by atoms with E-state index in [0.717, 1.165) is 72.4 Å². The summed E-state index contributed by atoms with van der Waals surface area (Å²) in [7, 11) is 0. The third kappa shape index (κ3) is 3.77. The van der Waals surface area contributed by atoms with Gasteiger partial charge in [-0.1, -0.05) is 30.3 Å². The minimum Gasteiger partial charge on any atom is -0.361 e. The van der Waals surface area contributed by atoms with Gasteiger partial charge in [0.15, 0.2) is 0 Å². The molecule has 6 heteroatoms. The monoisotopic (exact) mass is 478 g/mol. The van der Waals surface area contributed by atoms with E-state index < -0.39 is 0 Å². The molecule has 1 aliphatic carbocycles. The van der Waals surface area contributed by atoms with Gasteiger partial charge in [0.25, 0.3) is 0 Å². The van der Waals surface area contributed by atoms with Gasteiger partial charge in [0.1, 0.15) is 11.6 Å². The first-order valence-corrected chi connectivity index (χ1v) is 12.7. The molecular formula is C30H27FN4O. The molecular weight excluding hydrogens is 451 g/mol. The summed E-state index contributed by atoms with van der Waals surface area (Å²) in [6.07, 6.45) is 5.02. The lowest BCUT2D eigenvalue weighted by Gasteiger charge is -2.18. The smallest absolute Gasteiger partial charge is 0.225 e. The van der Waals surface area contributed by atoms with E-state index in [0.29, 0.717) is 17.3 Å². The Balaban J connectivity index is 1.21. The first-order chi connectivity index (χ1) is 17.6. The highest BCUT2D eigenvalue weighted by molar-refractivity contribution is 5.86. The number of hydrogen-bond acceptors (Lipinski definition) is 2. The predicted molar refractivity (Wildman–Crippen MR) is 140 cm³/mol. The number of benzene rings is 3. The molecule has 0 radical (unpaired) electrons. The number of carbonyl (C=O) groups excluding carboxylic acids is 1. The molecule has 1 saturated heterocycles. The molecule has 5 aromatic rings. The van der Waals surface area contributed by atoms with Gasteiger partial charge in [-0.2, -0.15) is 0 Å². The number of nitrogens with one attached hydrogen (secondary N) is 1. The van der Waals surface area contributed by atoms with Crippen molar-refractivity contribution in [2.75, 3.05) is 13.1 Å². The Morgan fingerprint density at radius 2 is 1.75 bits per heavy atom. The highest BCUT2D eigenvalue weighted by atomic mass is 19.1. The van der Waals surface area contributed by atoms with Gasteiger partial charge in [-0.25, -0.2) is 9.37 Å². The van der Waals surface area contributed by atoms with Crippen molar-refractivity contribution in [3.05, 3.63) is 78.7 Å². The molecule has 1 amide bonds. The zero-order valence-corrected chi connectivity index (χ0v) is 20.0. The number of rotatable bonds is 5. The number of aromatic amines is 1. The van der Waals surface area contributed by atoms with Crippen LogP contribution in [0.25, 0.3) is 44.5 Å². The van der Waals surface area contributed by atoms with Crippen LogP contribution in [0.5, 0.6) is 0 Å². The van der Waals surface area contributed by atoms with E-state index in [-0.39, 0.29) is 11.7 Å². The Bertz CT molecular complexity index is 1590. The Labute approximate surface area is 208 Å². The van der Waals surface area contributed by atoms with Crippen LogP contribution >= 0.6 is 0 Å². The molecule has 7 rings (SSSR count). The van der Waals surface area contributed by atoms with E-state index >= 15 is 0 Å². The summed E-state index contributed by atoms with van der Waals surface area (Å²) in [4.78, 5) is 22.7. The van der Waals surface area contributed by atoms with E-state index in [9.17, 15) is 9.18 Å². The van der Waals surface area contributed by atoms with Gasteiger partial charge < -0.3 is 14.5 Å². The zero-order chi connectivity index (χ0) is 24.2. The quantitative estimate of drug-likeness (QED) is 0.325. The number of nitrogens with zero attached hydrogens (tertiary/aromatic N) is 3. The van der Waals surface area contributed by atoms with Crippen LogP contribution in [0.15, 0.2) is 72.9 Å².